The van der Waals surface area contributed by atoms with Gasteiger partial charge in [-0.15, -0.1) is 11.3 Å². The molecule has 0 unspecified atom stereocenters. The molecule has 106 valence electrons. The number of anilines is 2. The number of hydrogen-bond acceptors (Lipinski definition) is 4. The van der Waals surface area contributed by atoms with Crippen molar-refractivity contribution in [1.29, 1.82) is 0 Å². The molecule has 0 aliphatic heterocycles. The number of rotatable bonds is 3. The summed E-state index contributed by atoms with van der Waals surface area (Å²) in [5, 5.41) is 0. The van der Waals surface area contributed by atoms with Crippen molar-refractivity contribution >= 4 is 34.5 Å². The molecule has 2 nitrogen and oxygen atoms in total. The van der Waals surface area contributed by atoms with Crippen molar-refractivity contribution in [3.8, 4) is 10.4 Å². The van der Waals surface area contributed by atoms with E-state index < -0.39 is 0 Å². The van der Waals surface area contributed by atoms with E-state index in [0.29, 0.717) is 11.4 Å². The van der Waals surface area contributed by atoms with Crippen LogP contribution in [-0.2, 0) is 0 Å². The quantitative estimate of drug-likeness (QED) is 0.666. The smallest absolute Gasteiger partial charge is 0.0559 e. The summed E-state index contributed by atoms with van der Waals surface area (Å²) in [4.78, 5) is 4.93. The average molecular weight is 312 g/mol. The molecule has 3 rings (SSSR count). The van der Waals surface area contributed by atoms with Gasteiger partial charge in [-0.1, -0.05) is 23.9 Å². The Labute approximate surface area is 132 Å². The Bertz CT molecular complexity index is 761. The molecule has 0 aliphatic rings. The molecule has 0 fully saturated rings. The minimum Gasteiger partial charge on any atom is -0.397 e. The molecule has 0 radical (unpaired) electrons. The molecule has 3 aromatic rings. The third kappa shape index (κ3) is 3.23. The van der Waals surface area contributed by atoms with Gasteiger partial charge in [-0.3, -0.25) is 0 Å². The summed E-state index contributed by atoms with van der Waals surface area (Å²) in [6, 6.07) is 18.7. The molecule has 2 aromatic carbocycles. The van der Waals surface area contributed by atoms with Crippen molar-refractivity contribution in [3.63, 3.8) is 0 Å². The summed E-state index contributed by atoms with van der Waals surface area (Å²) in [5.41, 5.74) is 14.1. The van der Waals surface area contributed by atoms with Gasteiger partial charge in [0, 0.05) is 19.5 Å². The molecule has 0 spiro atoms. The van der Waals surface area contributed by atoms with Gasteiger partial charge in [-0.05, 0) is 55.0 Å². The van der Waals surface area contributed by atoms with Crippen molar-refractivity contribution in [2.45, 2.75) is 16.7 Å². The summed E-state index contributed by atoms with van der Waals surface area (Å²) in [6.07, 6.45) is 0. The number of benzene rings is 2. The fourth-order valence-electron chi connectivity index (χ4n) is 2.03. The molecule has 0 saturated carbocycles. The van der Waals surface area contributed by atoms with Crippen LogP contribution in [0, 0.1) is 6.92 Å². The average Bonchev–Trinajstić information content (AvgIpc) is 2.90. The summed E-state index contributed by atoms with van der Waals surface area (Å²) in [6.45, 7) is 2.13. The molecule has 4 N–H and O–H groups in total. The first-order valence-electron chi connectivity index (χ1n) is 6.61. The maximum atomic E-state index is 5.84. The van der Waals surface area contributed by atoms with Crippen LogP contribution in [0.15, 0.2) is 64.4 Å². The van der Waals surface area contributed by atoms with Crippen LogP contribution in [0.3, 0.4) is 0 Å². The van der Waals surface area contributed by atoms with Gasteiger partial charge >= 0.3 is 0 Å². The van der Waals surface area contributed by atoms with Crippen molar-refractivity contribution in [2.75, 3.05) is 11.5 Å². The van der Waals surface area contributed by atoms with Crippen LogP contribution in [0.2, 0.25) is 0 Å². The first-order chi connectivity index (χ1) is 10.1. The summed E-state index contributed by atoms with van der Waals surface area (Å²) < 4.78 is 0. The van der Waals surface area contributed by atoms with Crippen molar-refractivity contribution < 1.29 is 0 Å². The van der Waals surface area contributed by atoms with Gasteiger partial charge in [-0.2, -0.15) is 0 Å². The Morgan fingerprint density at radius 2 is 1.52 bits per heavy atom. The lowest BCUT2D eigenvalue weighted by Crippen LogP contribution is -1.93. The van der Waals surface area contributed by atoms with Crippen LogP contribution < -0.4 is 11.5 Å². The maximum absolute atomic E-state index is 5.84. The highest BCUT2D eigenvalue weighted by molar-refractivity contribution is 7.99. The van der Waals surface area contributed by atoms with Gasteiger partial charge in [0.05, 0.1) is 11.4 Å². The van der Waals surface area contributed by atoms with Gasteiger partial charge in [0.25, 0.3) is 0 Å². The van der Waals surface area contributed by atoms with E-state index in [1.807, 2.05) is 29.5 Å². The zero-order valence-electron chi connectivity index (χ0n) is 11.7. The Balaban J connectivity index is 1.79. The molecule has 1 aromatic heterocycles. The van der Waals surface area contributed by atoms with E-state index in [0.717, 1.165) is 4.90 Å². The van der Waals surface area contributed by atoms with E-state index in [4.69, 9.17) is 11.5 Å². The summed E-state index contributed by atoms with van der Waals surface area (Å²) in [7, 11) is 0. The molecule has 0 aliphatic carbocycles. The number of aryl methyl sites for hydroxylation is 1. The number of thiophene rings is 1. The van der Waals surface area contributed by atoms with Gasteiger partial charge in [-0.25, -0.2) is 0 Å². The van der Waals surface area contributed by atoms with Crippen molar-refractivity contribution in [2.24, 2.45) is 0 Å². The minimum atomic E-state index is 0.628. The van der Waals surface area contributed by atoms with E-state index in [2.05, 4.69) is 43.3 Å². The Hall–Kier alpha value is -1.91. The lowest BCUT2D eigenvalue weighted by atomic mass is 10.2. The van der Waals surface area contributed by atoms with Gasteiger partial charge in [0.15, 0.2) is 0 Å². The molecule has 21 heavy (non-hydrogen) atoms. The molecule has 1 heterocycles. The lowest BCUT2D eigenvalue weighted by Gasteiger charge is -2.05. The number of nitrogen functional groups attached to an aromatic ring is 2. The second-order valence-corrected chi connectivity index (χ2v) is 7.26. The molecule has 0 saturated heterocycles. The van der Waals surface area contributed by atoms with Crippen LogP contribution in [0.25, 0.3) is 10.4 Å². The lowest BCUT2D eigenvalue weighted by molar-refractivity contribution is 1.41. The van der Waals surface area contributed by atoms with E-state index in [1.54, 1.807) is 11.8 Å². The second kappa shape index (κ2) is 5.84. The van der Waals surface area contributed by atoms with E-state index >= 15 is 0 Å². The summed E-state index contributed by atoms with van der Waals surface area (Å²) in [5.74, 6) is 0. The van der Waals surface area contributed by atoms with Gasteiger partial charge in [0.2, 0.25) is 0 Å². The molecular weight excluding hydrogens is 296 g/mol. The third-order valence-corrected chi connectivity index (χ3v) is 5.22. The predicted molar refractivity (Wildman–Crippen MR) is 93.9 cm³/mol. The highest BCUT2D eigenvalue weighted by Gasteiger charge is 2.03. The fraction of sp³-hybridized carbons (Fsp3) is 0.0588. The van der Waals surface area contributed by atoms with E-state index in [9.17, 15) is 0 Å². The molecular formula is C17H16N2S2. The largest absolute Gasteiger partial charge is 0.397 e. The third-order valence-electron chi connectivity index (χ3n) is 3.17. The first-order valence-corrected chi connectivity index (χ1v) is 8.25. The normalized spacial score (nSPS) is 10.7. The first kappa shape index (κ1) is 14.0. The zero-order valence-corrected chi connectivity index (χ0v) is 13.3. The van der Waals surface area contributed by atoms with Gasteiger partial charge in [0.1, 0.15) is 0 Å². The van der Waals surface area contributed by atoms with Crippen molar-refractivity contribution in [3.05, 3.63) is 59.5 Å². The van der Waals surface area contributed by atoms with Crippen LogP contribution in [0.5, 0.6) is 0 Å². The SMILES string of the molecule is Cc1ccc(-c2ccc(Sc3ccc(N)c(N)c3)cc2)s1. The van der Waals surface area contributed by atoms with Crippen LogP contribution in [0.4, 0.5) is 11.4 Å². The summed E-state index contributed by atoms with van der Waals surface area (Å²) >= 11 is 3.50. The molecule has 0 bridgehead atoms. The Morgan fingerprint density at radius 3 is 2.14 bits per heavy atom. The standard InChI is InChI=1S/C17H16N2S2/c1-11-2-9-17(20-11)12-3-5-13(6-4-12)21-14-7-8-15(18)16(19)10-14/h2-10H,18-19H2,1H3. The topological polar surface area (TPSA) is 52.0 Å². The Morgan fingerprint density at radius 1 is 0.810 bits per heavy atom. The van der Waals surface area contributed by atoms with Crippen LogP contribution in [-0.4, -0.2) is 0 Å². The molecule has 0 amide bonds. The van der Waals surface area contributed by atoms with Gasteiger partial charge < -0.3 is 11.5 Å². The van der Waals surface area contributed by atoms with E-state index in [-0.39, 0.29) is 0 Å². The fourth-order valence-corrected chi connectivity index (χ4v) is 3.77. The van der Waals surface area contributed by atoms with Crippen LogP contribution >= 0.6 is 23.1 Å². The van der Waals surface area contributed by atoms with Crippen LogP contribution in [0.1, 0.15) is 4.88 Å². The predicted octanol–water partition coefficient (Wildman–Crippen LogP) is 5.04. The maximum Gasteiger partial charge on any atom is 0.0559 e. The Kier molecular flexibility index (Phi) is 3.90. The van der Waals surface area contributed by atoms with Crippen molar-refractivity contribution in [1.82, 2.24) is 0 Å². The number of hydrogen-bond donors (Lipinski definition) is 2. The zero-order chi connectivity index (χ0) is 14.8. The second-order valence-electron chi connectivity index (χ2n) is 4.83. The minimum absolute atomic E-state index is 0.628. The molecule has 0 atom stereocenters. The highest BCUT2D eigenvalue weighted by atomic mass is 32.2. The monoisotopic (exact) mass is 312 g/mol. The molecule has 4 heteroatoms. The highest BCUT2D eigenvalue weighted by Crippen LogP contribution is 2.33. The number of nitrogens with two attached hydrogens (primary N) is 2. The van der Waals surface area contributed by atoms with E-state index in [1.165, 1.54) is 20.2 Å².